The predicted octanol–water partition coefficient (Wildman–Crippen LogP) is 15.0. The molecule has 12 aromatic rings. The molecule has 0 saturated heterocycles. The summed E-state index contributed by atoms with van der Waals surface area (Å²) < 4.78 is 7.48. The molecule has 0 atom stereocenters. The highest BCUT2D eigenvalue weighted by Gasteiger charge is 2.18. The van der Waals surface area contributed by atoms with Gasteiger partial charge in [0.25, 0.3) is 0 Å². The van der Waals surface area contributed by atoms with E-state index in [0.717, 1.165) is 39.3 Å². The third-order valence-electron chi connectivity index (χ3n) is 11.2. The van der Waals surface area contributed by atoms with E-state index in [2.05, 4.69) is 193 Å². The number of hydrogen-bond acceptors (Lipinski definition) is 4. The molecule has 0 aliphatic heterocycles. The Morgan fingerprint density at radius 1 is 0.351 bits per heavy atom. The smallest absolute Gasteiger partial charge is 0.160 e. The van der Waals surface area contributed by atoms with Crippen LogP contribution in [0.15, 0.2) is 188 Å². The molecule has 12 rings (SSSR count). The maximum absolute atomic E-state index is 5.34. The summed E-state index contributed by atoms with van der Waals surface area (Å²) in [5.74, 6) is 0.705. The first-order valence-electron chi connectivity index (χ1n) is 19.1. The molecule has 0 aliphatic carbocycles. The van der Waals surface area contributed by atoms with Gasteiger partial charge in [0.1, 0.15) is 0 Å². The van der Waals surface area contributed by atoms with Crippen LogP contribution >= 0.6 is 22.7 Å². The molecule has 57 heavy (non-hydrogen) atoms. The van der Waals surface area contributed by atoms with Crippen molar-refractivity contribution in [3.63, 3.8) is 0 Å². The lowest BCUT2D eigenvalue weighted by molar-refractivity contribution is 1.18. The monoisotopic (exact) mass is 761 g/mol. The minimum atomic E-state index is 0.705. The third-order valence-corrected chi connectivity index (χ3v) is 13.5. The molecule has 0 aliphatic rings. The van der Waals surface area contributed by atoms with Gasteiger partial charge in [-0.25, -0.2) is 9.97 Å². The van der Waals surface area contributed by atoms with Gasteiger partial charge in [0.05, 0.1) is 22.4 Å². The van der Waals surface area contributed by atoms with E-state index in [9.17, 15) is 0 Å². The van der Waals surface area contributed by atoms with Crippen molar-refractivity contribution in [3.05, 3.63) is 188 Å². The van der Waals surface area contributed by atoms with E-state index in [1.54, 1.807) is 0 Å². The van der Waals surface area contributed by atoms with Crippen LogP contribution in [-0.4, -0.2) is 14.5 Å². The summed E-state index contributed by atoms with van der Waals surface area (Å²) in [6, 6.07) is 67.8. The highest BCUT2D eigenvalue weighted by atomic mass is 32.1. The molecule has 0 fully saturated rings. The molecule has 4 heterocycles. The number of rotatable bonds is 5. The average Bonchev–Trinajstić information content (AvgIpc) is 3.95. The fourth-order valence-electron chi connectivity index (χ4n) is 8.58. The molecule has 0 bridgehead atoms. The second-order valence-electron chi connectivity index (χ2n) is 14.5. The predicted molar refractivity (Wildman–Crippen MR) is 244 cm³/mol. The van der Waals surface area contributed by atoms with Gasteiger partial charge in [0.15, 0.2) is 5.82 Å². The molecule has 0 N–H and O–H groups in total. The summed E-state index contributed by atoms with van der Waals surface area (Å²) in [5.41, 5.74) is 10.8. The molecule has 0 amide bonds. The highest BCUT2D eigenvalue weighted by molar-refractivity contribution is 7.26. The van der Waals surface area contributed by atoms with E-state index >= 15 is 0 Å². The molecule has 0 saturated carbocycles. The van der Waals surface area contributed by atoms with Crippen LogP contribution in [0.2, 0.25) is 0 Å². The van der Waals surface area contributed by atoms with E-state index in [1.165, 1.54) is 67.7 Å². The van der Waals surface area contributed by atoms with Crippen molar-refractivity contribution in [2.75, 3.05) is 0 Å². The molecule has 3 nitrogen and oxygen atoms in total. The van der Waals surface area contributed by atoms with Gasteiger partial charge in [-0.15, -0.1) is 22.7 Å². The van der Waals surface area contributed by atoms with Crippen LogP contribution in [0.3, 0.4) is 0 Å². The van der Waals surface area contributed by atoms with Crippen molar-refractivity contribution in [2.24, 2.45) is 0 Å². The van der Waals surface area contributed by atoms with E-state index in [4.69, 9.17) is 9.97 Å². The Balaban J connectivity index is 1.05. The van der Waals surface area contributed by atoms with Gasteiger partial charge in [-0.05, 0) is 71.8 Å². The Kier molecular flexibility index (Phi) is 7.27. The number of thiophene rings is 2. The van der Waals surface area contributed by atoms with E-state index in [0.29, 0.717) is 5.82 Å². The van der Waals surface area contributed by atoms with Crippen LogP contribution < -0.4 is 0 Å². The third kappa shape index (κ3) is 5.24. The van der Waals surface area contributed by atoms with Crippen LogP contribution in [0.25, 0.3) is 113 Å². The van der Waals surface area contributed by atoms with Crippen molar-refractivity contribution in [1.82, 2.24) is 14.5 Å². The van der Waals surface area contributed by atoms with Gasteiger partial charge in [0.2, 0.25) is 0 Å². The lowest BCUT2D eigenvalue weighted by Crippen LogP contribution is -1.96. The van der Waals surface area contributed by atoms with Gasteiger partial charge in [-0.3, -0.25) is 0 Å². The van der Waals surface area contributed by atoms with E-state index in [-0.39, 0.29) is 0 Å². The average molecular weight is 762 g/mol. The first-order valence-corrected chi connectivity index (χ1v) is 20.8. The van der Waals surface area contributed by atoms with Crippen LogP contribution in [0.1, 0.15) is 0 Å². The highest BCUT2D eigenvalue weighted by Crippen LogP contribution is 2.41. The van der Waals surface area contributed by atoms with Crippen molar-refractivity contribution in [1.29, 1.82) is 0 Å². The number of benzene rings is 8. The van der Waals surface area contributed by atoms with Crippen LogP contribution in [0.5, 0.6) is 0 Å². The lowest BCUT2D eigenvalue weighted by Gasteiger charge is -2.12. The van der Waals surface area contributed by atoms with Crippen molar-refractivity contribution in [3.8, 4) is 50.7 Å². The molecule has 5 heteroatoms. The first-order chi connectivity index (χ1) is 28.2. The van der Waals surface area contributed by atoms with Crippen LogP contribution in [0.4, 0.5) is 0 Å². The van der Waals surface area contributed by atoms with E-state index < -0.39 is 0 Å². The Labute approximate surface area is 336 Å². The van der Waals surface area contributed by atoms with Crippen molar-refractivity contribution < 1.29 is 0 Å². The molecular weight excluding hydrogens is 731 g/mol. The van der Waals surface area contributed by atoms with Gasteiger partial charge in [-0.2, -0.15) is 0 Å². The minimum Gasteiger partial charge on any atom is -0.309 e. The molecule has 8 aromatic carbocycles. The van der Waals surface area contributed by atoms with E-state index in [1.807, 2.05) is 22.7 Å². The first kappa shape index (κ1) is 32.3. The normalized spacial score (nSPS) is 11.9. The second kappa shape index (κ2) is 12.8. The lowest BCUT2D eigenvalue weighted by atomic mass is 9.97. The van der Waals surface area contributed by atoms with Crippen LogP contribution in [0, 0.1) is 0 Å². The number of fused-ring (bicyclic) bond motifs is 9. The van der Waals surface area contributed by atoms with Gasteiger partial charge < -0.3 is 4.57 Å². The zero-order valence-corrected chi connectivity index (χ0v) is 32.2. The summed E-state index contributed by atoms with van der Waals surface area (Å²) >= 11 is 3.67. The maximum Gasteiger partial charge on any atom is 0.160 e. The quantitative estimate of drug-likeness (QED) is 0.175. The number of nitrogens with zero attached hydrogens (tertiary/aromatic N) is 3. The number of hydrogen-bond donors (Lipinski definition) is 0. The Hall–Kier alpha value is -6.92. The zero-order valence-electron chi connectivity index (χ0n) is 30.6. The number of aromatic nitrogens is 3. The maximum atomic E-state index is 5.34. The molecule has 266 valence electrons. The largest absolute Gasteiger partial charge is 0.309 e. The van der Waals surface area contributed by atoms with Gasteiger partial charge in [0, 0.05) is 73.5 Å². The topological polar surface area (TPSA) is 30.7 Å². The van der Waals surface area contributed by atoms with Crippen molar-refractivity contribution >= 4 is 84.8 Å². The summed E-state index contributed by atoms with van der Waals surface area (Å²) in [6.45, 7) is 0. The van der Waals surface area contributed by atoms with Crippen molar-refractivity contribution in [2.45, 2.75) is 0 Å². The Morgan fingerprint density at radius 2 is 0.895 bits per heavy atom. The standard InChI is InChI=1S/C52H31N3S2/c1-2-14-36(15-3-1)55-45-20-7-4-18-42(45)51-37(19-11-21-46(51)55)32-12-10-13-35(28-32)52-53-43(33-24-26-40-38-16-5-8-22-47(38)56-49(40)29-33)31-44(54-52)34-25-27-41-39-17-6-9-23-48(39)57-50(41)30-34/h1-31H. The molecule has 4 aromatic heterocycles. The number of para-hydroxylation sites is 2. The fraction of sp³-hybridized carbons (Fsp3) is 0. The molecule has 0 radical (unpaired) electrons. The summed E-state index contributed by atoms with van der Waals surface area (Å²) in [7, 11) is 0. The summed E-state index contributed by atoms with van der Waals surface area (Å²) in [4.78, 5) is 10.7. The SMILES string of the molecule is c1ccc(-n2c3ccccc3c3c(-c4cccc(-c5nc(-c6ccc7c(c6)sc6ccccc67)cc(-c6ccc7c(c6)sc6ccccc67)n5)c4)cccc32)cc1. The second-order valence-corrected chi connectivity index (χ2v) is 16.7. The van der Waals surface area contributed by atoms with Gasteiger partial charge >= 0.3 is 0 Å². The Bertz CT molecular complexity index is 3400. The fourth-order valence-corrected chi connectivity index (χ4v) is 10.9. The summed E-state index contributed by atoms with van der Waals surface area (Å²) in [6.07, 6.45) is 0. The zero-order chi connectivity index (χ0) is 37.5. The molecule has 0 spiro atoms. The molecular formula is C52H31N3S2. The van der Waals surface area contributed by atoms with Crippen LogP contribution in [-0.2, 0) is 0 Å². The molecule has 0 unspecified atom stereocenters. The van der Waals surface area contributed by atoms with Gasteiger partial charge in [-0.1, -0.05) is 127 Å². The summed E-state index contributed by atoms with van der Waals surface area (Å²) in [5, 5.41) is 7.61. The minimum absolute atomic E-state index is 0.705. The Morgan fingerprint density at radius 3 is 1.58 bits per heavy atom.